The maximum absolute atomic E-state index is 13.8. The monoisotopic (exact) mass is 556 g/mol. The van der Waals surface area contributed by atoms with Gasteiger partial charge in [-0.25, -0.2) is 0 Å². The maximum Gasteiger partial charge on any atom is 0.261 e. The minimum Gasteiger partial charge on any atom is -0.369 e. The predicted molar refractivity (Wildman–Crippen MR) is 175 cm³/mol. The van der Waals surface area contributed by atoms with E-state index in [1.807, 2.05) is 66.7 Å². The molecule has 1 atom stereocenters. The van der Waals surface area contributed by atoms with Crippen molar-refractivity contribution in [2.45, 2.75) is 13.2 Å². The zero-order chi connectivity index (χ0) is 29.1. The molecule has 1 unspecified atom stereocenters. The number of rotatable bonds is 4. The van der Waals surface area contributed by atoms with E-state index in [4.69, 9.17) is 0 Å². The molecule has 1 aliphatic rings. The number of anilines is 1. The fourth-order valence-electron chi connectivity index (χ4n) is 6.57. The SMILES string of the molecule is Cc1ccccc1-c1ccc2c3ccccc3n(-c3cccc4c3C(O)N(c3ccc(-c5ccccc5)cc3)C4=O)c2c1. The first-order chi connectivity index (χ1) is 21.1. The van der Waals surface area contributed by atoms with Gasteiger partial charge in [-0.3, -0.25) is 9.69 Å². The van der Waals surface area contributed by atoms with Crippen molar-refractivity contribution in [2.75, 3.05) is 4.90 Å². The van der Waals surface area contributed by atoms with E-state index >= 15 is 0 Å². The number of amides is 1. The highest BCUT2D eigenvalue weighted by Crippen LogP contribution is 2.43. The van der Waals surface area contributed by atoms with Crippen LogP contribution >= 0.6 is 0 Å². The standard InChI is InChI=1S/C39H28N2O2/c1-25-10-5-6-13-30(25)28-20-23-32-31-14-7-8-16-34(31)41(36(32)24-28)35-17-9-15-33-37(35)39(43)40(38(33)42)29-21-18-27(19-22-29)26-11-3-2-4-12-26/h2-24,39,43H,1H3. The largest absolute Gasteiger partial charge is 0.369 e. The van der Waals surface area contributed by atoms with Crippen LogP contribution in [0, 0.1) is 6.92 Å². The molecule has 0 saturated heterocycles. The zero-order valence-electron chi connectivity index (χ0n) is 23.6. The second kappa shape index (κ2) is 9.83. The average Bonchev–Trinajstić information content (AvgIpc) is 3.52. The molecule has 0 saturated carbocycles. The molecule has 0 fully saturated rings. The van der Waals surface area contributed by atoms with Crippen LogP contribution in [0.4, 0.5) is 5.69 Å². The van der Waals surface area contributed by atoms with Crippen molar-refractivity contribution in [2.24, 2.45) is 0 Å². The van der Waals surface area contributed by atoms with Crippen molar-refractivity contribution in [1.29, 1.82) is 0 Å². The van der Waals surface area contributed by atoms with Crippen molar-refractivity contribution in [3.05, 3.63) is 156 Å². The Kier molecular flexibility index (Phi) is 5.78. The Morgan fingerprint density at radius 2 is 1.23 bits per heavy atom. The number of aliphatic hydroxyl groups excluding tert-OH is 1. The van der Waals surface area contributed by atoms with Crippen molar-refractivity contribution >= 4 is 33.4 Å². The van der Waals surface area contributed by atoms with E-state index in [-0.39, 0.29) is 5.91 Å². The lowest BCUT2D eigenvalue weighted by Gasteiger charge is -2.22. The van der Waals surface area contributed by atoms with E-state index in [9.17, 15) is 9.90 Å². The normalized spacial score (nSPS) is 14.5. The number of fused-ring (bicyclic) bond motifs is 4. The van der Waals surface area contributed by atoms with Crippen LogP contribution in [0.15, 0.2) is 140 Å². The number of hydrogen-bond donors (Lipinski definition) is 1. The molecule has 0 spiro atoms. The number of aliphatic hydroxyl groups is 1. The van der Waals surface area contributed by atoms with Gasteiger partial charge in [0.2, 0.25) is 0 Å². The Morgan fingerprint density at radius 3 is 2.05 bits per heavy atom. The Bertz CT molecular complexity index is 2180. The van der Waals surface area contributed by atoms with Crippen LogP contribution in [-0.2, 0) is 0 Å². The second-order valence-electron chi connectivity index (χ2n) is 11.1. The number of aromatic nitrogens is 1. The third kappa shape index (κ3) is 3.92. The molecule has 0 radical (unpaired) electrons. The predicted octanol–water partition coefficient (Wildman–Crippen LogP) is 9.08. The Balaban J connectivity index is 1.29. The van der Waals surface area contributed by atoms with Crippen LogP contribution in [-0.4, -0.2) is 15.6 Å². The summed E-state index contributed by atoms with van der Waals surface area (Å²) < 4.78 is 2.20. The average molecular weight is 557 g/mol. The molecule has 206 valence electrons. The van der Waals surface area contributed by atoms with E-state index in [1.54, 1.807) is 0 Å². The lowest BCUT2D eigenvalue weighted by atomic mass is 9.99. The fourth-order valence-corrected chi connectivity index (χ4v) is 6.57. The number of para-hydroxylation sites is 1. The lowest BCUT2D eigenvalue weighted by Crippen LogP contribution is -2.27. The molecule has 2 heterocycles. The molecule has 1 N–H and O–H groups in total. The Hall–Kier alpha value is -5.45. The summed E-state index contributed by atoms with van der Waals surface area (Å²) >= 11 is 0. The number of carbonyl (C=O) groups excluding carboxylic acids is 1. The van der Waals surface area contributed by atoms with E-state index < -0.39 is 6.23 Å². The summed E-state index contributed by atoms with van der Waals surface area (Å²) in [5.74, 6) is -0.210. The number of benzene rings is 6. The van der Waals surface area contributed by atoms with Gasteiger partial charge in [0.25, 0.3) is 5.91 Å². The molecule has 4 heteroatoms. The summed E-state index contributed by atoms with van der Waals surface area (Å²) in [5, 5.41) is 14.1. The minimum absolute atomic E-state index is 0.210. The third-order valence-corrected chi connectivity index (χ3v) is 8.66. The molecule has 43 heavy (non-hydrogen) atoms. The fraction of sp³-hybridized carbons (Fsp3) is 0.0513. The molecule has 8 rings (SSSR count). The first-order valence-electron chi connectivity index (χ1n) is 14.5. The molecule has 0 bridgehead atoms. The summed E-state index contributed by atoms with van der Waals surface area (Å²) in [6.45, 7) is 2.13. The van der Waals surface area contributed by atoms with Gasteiger partial charge in [-0.1, -0.05) is 103 Å². The van der Waals surface area contributed by atoms with E-state index in [0.717, 1.165) is 44.2 Å². The van der Waals surface area contributed by atoms with Crippen LogP contribution in [0.3, 0.4) is 0 Å². The summed E-state index contributed by atoms with van der Waals surface area (Å²) in [7, 11) is 0. The van der Waals surface area contributed by atoms with Crippen LogP contribution < -0.4 is 4.90 Å². The van der Waals surface area contributed by atoms with E-state index in [1.165, 1.54) is 16.0 Å². The van der Waals surface area contributed by atoms with Crippen LogP contribution in [0.5, 0.6) is 0 Å². The van der Waals surface area contributed by atoms with Gasteiger partial charge in [0.15, 0.2) is 6.23 Å². The lowest BCUT2D eigenvalue weighted by molar-refractivity contribution is 0.0935. The van der Waals surface area contributed by atoms with Crippen molar-refractivity contribution in [3.63, 3.8) is 0 Å². The summed E-state index contributed by atoms with van der Waals surface area (Å²) in [6.07, 6.45) is -1.13. The highest BCUT2D eigenvalue weighted by molar-refractivity contribution is 6.13. The molecule has 0 aliphatic carbocycles. The number of aryl methyl sites for hydroxylation is 1. The highest BCUT2D eigenvalue weighted by atomic mass is 16.3. The van der Waals surface area contributed by atoms with Crippen LogP contribution in [0.2, 0.25) is 0 Å². The van der Waals surface area contributed by atoms with Crippen LogP contribution in [0.25, 0.3) is 49.7 Å². The zero-order valence-corrected chi connectivity index (χ0v) is 23.6. The topological polar surface area (TPSA) is 45.5 Å². The van der Waals surface area contributed by atoms with Gasteiger partial charge in [0, 0.05) is 27.6 Å². The van der Waals surface area contributed by atoms with Gasteiger partial charge in [0.05, 0.1) is 16.7 Å². The van der Waals surface area contributed by atoms with Gasteiger partial charge in [-0.2, -0.15) is 0 Å². The number of hydrogen-bond acceptors (Lipinski definition) is 2. The summed E-state index contributed by atoms with van der Waals surface area (Å²) in [6, 6.07) is 47.0. The van der Waals surface area contributed by atoms with Crippen molar-refractivity contribution in [3.8, 4) is 27.9 Å². The quantitative estimate of drug-likeness (QED) is 0.235. The molecule has 4 nitrogen and oxygen atoms in total. The van der Waals surface area contributed by atoms with Crippen molar-refractivity contribution in [1.82, 2.24) is 4.57 Å². The van der Waals surface area contributed by atoms with Gasteiger partial charge in [0.1, 0.15) is 0 Å². The maximum atomic E-state index is 13.8. The van der Waals surface area contributed by atoms with Gasteiger partial charge < -0.3 is 9.67 Å². The molecule has 7 aromatic rings. The second-order valence-corrected chi connectivity index (χ2v) is 11.1. The minimum atomic E-state index is -1.13. The third-order valence-electron chi connectivity index (χ3n) is 8.66. The summed E-state index contributed by atoms with van der Waals surface area (Å²) in [4.78, 5) is 15.3. The van der Waals surface area contributed by atoms with E-state index in [0.29, 0.717) is 16.8 Å². The number of nitrogens with zero attached hydrogens (tertiary/aromatic N) is 2. The van der Waals surface area contributed by atoms with E-state index in [2.05, 4.69) is 84.3 Å². The molecule has 1 amide bonds. The Morgan fingerprint density at radius 1 is 0.581 bits per heavy atom. The molecular weight excluding hydrogens is 528 g/mol. The molecule has 1 aromatic heterocycles. The first-order valence-corrected chi connectivity index (χ1v) is 14.5. The smallest absolute Gasteiger partial charge is 0.261 e. The Labute approximate surface area is 249 Å². The van der Waals surface area contributed by atoms with Gasteiger partial charge in [-0.15, -0.1) is 0 Å². The summed E-state index contributed by atoms with van der Waals surface area (Å²) in [5.41, 5.74) is 10.3. The van der Waals surface area contributed by atoms with Gasteiger partial charge in [-0.05, 0) is 71.1 Å². The van der Waals surface area contributed by atoms with Gasteiger partial charge >= 0.3 is 0 Å². The first kappa shape index (κ1) is 25.3. The van der Waals surface area contributed by atoms with Crippen LogP contribution in [0.1, 0.15) is 27.7 Å². The number of carbonyl (C=O) groups is 1. The molecule has 1 aliphatic heterocycles. The molecule has 6 aromatic carbocycles. The van der Waals surface area contributed by atoms with Crippen molar-refractivity contribution < 1.29 is 9.90 Å². The molecular formula is C39H28N2O2. The highest BCUT2D eigenvalue weighted by Gasteiger charge is 2.39.